The normalized spacial score (nSPS) is 10.0. The van der Waals surface area contributed by atoms with Crippen LogP contribution in [-0.2, 0) is 0 Å². The molecule has 13 heteroatoms. The molecule has 0 aliphatic heterocycles. The summed E-state index contributed by atoms with van der Waals surface area (Å²) in [6.45, 7) is 0. The Morgan fingerprint density at radius 3 is 0.930 bits per heavy atom. The Bertz CT molecular complexity index is 1760. The summed E-state index contributed by atoms with van der Waals surface area (Å²) in [5, 5.41) is 61.9. The summed E-state index contributed by atoms with van der Waals surface area (Å²) < 4.78 is 0. The van der Waals surface area contributed by atoms with E-state index in [1.54, 1.807) is 54.6 Å². The third-order valence-corrected chi connectivity index (χ3v) is 5.71. The number of carboxylic acid groups (broad SMARTS) is 3. The van der Waals surface area contributed by atoms with Crippen molar-refractivity contribution in [2.24, 2.45) is 0 Å². The van der Waals surface area contributed by atoms with Crippen LogP contribution in [0, 0.1) is 39.9 Å². The van der Waals surface area contributed by atoms with E-state index in [0.717, 1.165) is 0 Å². The maximum Gasteiger partial charge on any atom is 3.00 e. The minimum atomic E-state index is -1.13. The third-order valence-electron chi connectivity index (χ3n) is 5.71. The maximum absolute atomic E-state index is 11.3. The average molecular weight is 722 g/mol. The Morgan fingerprint density at radius 2 is 0.698 bits per heavy atom. The number of carboxylic acids is 3. The van der Waals surface area contributed by atoms with Crippen LogP contribution in [0.4, 0.5) is 0 Å². The van der Waals surface area contributed by atoms with Crippen molar-refractivity contribution in [3.63, 3.8) is 0 Å². The number of aromatic carboxylic acids is 3. The molecule has 0 spiro atoms. The summed E-state index contributed by atoms with van der Waals surface area (Å²) in [6, 6.07) is 23.0. The Kier molecular flexibility index (Phi) is 10.8. The molecule has 0 saturated carbocycles. The monoisotopic (exact) mass is 722 g/mol. The van der Waals surface area contributed by atoms with Gasteiger partial charge in [-0.3, -0.25) is 0 Å². The van der Waals surface area contributed by atoms with Crippen molar-refractivity contribution >= 4 is 50.6 Å². The van der Waals surface area contributed by atoms with E-state index < -0.39 is 17.9 Å². The molecule has 43 heavy (non-hydrogen) atoms. The van der Waals surface area contributed by atoms with Crippen LogP contribution in [0.2, 0.25) is 0 Å². The molecule has 0 fully saturated rings. The SMILES string of the molecule is O=C(O)c1ccc2cccc([O-])c2n1.O=C(O)c1ccc2cccc([O-])c2n1.O=C(O)c1ccc2cccc([O-])c2n1.[Gd+3]. The van der Waals surface area contributed by atoms with Crippen molar-refractivity contribution in [2.45, 2.75) is 0 Å². The van der Waals surface area contributed by atoms with E-state index in [1.165, 1.54) is 36.4 Å². The fraction of sp³-hybridized carbons (Fsp3) is 0. The van der Waals surface area contributed by atoms with Gasteiger partial charge >= 0.3 is 57.8 Å². The number of hydrogen-bond acceptors (Lipinski definition) is 9. The van der Waals surface area contributed by atoms with Crippen LogP contribution in [0.5, 0.6) is 17.2 Å². The number of aromatic nitrogens is 3. The van der Waals surface area contributed by atoms with Crippen molar-refractivity contribution in [1.29, 1.82) is 0 Å². The largest absolute Gasteiger partial charge is 3.00 e. The van der Waals surface area contributed by atoms with E-state index in [1.807, 2.05) is 0 Å². The van der Waals surface area contributed by atoms with E-state index >= 15 is 0 Å². The predicted octanol–water partition coefficient (Wildman–Crippen LogP) is 3.02. The van der Waals surface area contributed by atoms with Crippen LogP contribution < -0.4 is 15.3 Å². The maximum atomic E-state index is 11.3. The van der Waals surface area contributed by atoms with E-state index in [9.17, 15) is 29.7 Å². The molecule has 6 aromatic rings. The fourth-order valence-electron chi connectivity index (χ4n) is 3.72. The number of rotatable bonds is 3. The van der Waals surface area contributed by atoms with E-state index in [4.69, 9.17) is 15.3 Å². The Hall–Kier alpha value is -4.98. The Balaban J connectivity index is 0.000000175. The van der Waals surface area contributed by atoms with Crippen molar-refractivity contribution in [1.82, 2.24) is 15.0 Å². The molecule has 0 aliphatic carbocycles. The van der Waals surface area contributed by atoms with Gasteiger partial charge in [-0.05, 0) is 34.4 Å². The summed E-state index contributed by atoms with van der Waals surface area (Å²) in [6.07, 6.45) is 0. The average Bonchev–Trinajstić information content (AvgIpc) is 2.98. The fourth-order valence-corrected chi connectivity index (χ4v) is 3.72. The molecule has 1 radical (unpaired) electrons. The van der Waals surface area contributed by atoms with Crippen LogP contribution in [0.25, 0.3) is 32.7 Å². The summed E-state index contributed by atoms with van der Waals surface area (Å²) in [5.74, 6) is -4.16. The van der Waals surface area contributed by atoms with Crippen LogP contribution in [0.3, 0.4) is 0 Å². The number of para-hydroxylation sites is 3. The second-order valence-electron chi connectivity index (χ2n) is 8.49. The molecular weight excluding hydrogens is 704 g/mol. The van der Waals surface area contributed by atoms with Gasteiger partial charge in [-0.25, -0.2) is 29.3 Å². The van der Waals surface area contributed by atoms with E-state index in [-0.39, 0.29) is 90.8 Å². The van der Waals surface area contributed by atoms with Crippen LogP contribution >= 0.6 is 0 Å². The standard InChI is InChI=1S/3C10H7NO3.Gd/c3*12-8-3-1-2-6-4-5-7(10(13)14)11-9(6)8;/h3*1-5,12H,(H,13,14);/q;;;+3/p-3. The van der Waals surface area contributed by atoms with Crippen molar-refractivity contribution < 1.29 is 85.0 Å². The molecule has 0 saturated heterocycles. The minimum Gasteiger partial charge on any atom is -0.871 e. The van der Waals surface area contributed by atoms with Gasteiger partial charge in [-0.1, -0.05) is 90.0 Å². The van der Waals surface area contributed by atoms with Crippen molar-refractivity contribution in [3.05, 3.63) is 108 Å². The molecule has 0 amide bonds. The quantitative estimate of drug-likeness (QED) is 0.240. The zero-order valence-corrected chi connectivity index (χ0v) is 23.9. The third kappa shape index (κ3) is 7.86. The summed E-state index contributed by atoms with van der Waals surface area (Å²) in [4.78, 5) is 43.1. The number of nitrogens with zero attached hydrogens (tertiary/aromatic N) is 3. The molecule has 0 unspecified atom stereocenters. The van der Waals surface area contributed by atoms with Gasteiger partial charge in [0.25, 0.3) is 0 Å². The number of pyridine rings is 3. The van der Waals surface area contributed by atoms with Crippen molar-refractivity contribution in [2.75, 3.05) is 0 Å². The molecular formula is C30H18GdN3O9. The number of carbonyl (C=O) groups is 3. The Morgan fingerprint density at radius 1 is 0.442 bits per heavy atom. The number of hydrogen-bond donors (Lipinski definition) is 3. The van der Waals surface area contributed by atoms with Crippen molar-refractivity contribution in [3.8, 4) is 17.2 Å². The predicted molar refractivity (Wildman–Crippen MR) is 144 cm³/mol. The van der Waals surface area contributed by atoms with Crippen LogP contribution in [-0.4, -0.2) is 48.2 Å². The molecule has 0 atom stereocenters. The van der Waals surface area contributed by atoms with Gasteiger partial charge in [0, 0.05) is 0 Å². The molecule has 3 aromatic carbocycles. The smallest absolute Gasteiger partial charge is 0.871 e. The Labute approximate surface area is 274 Å². The summed E-state index contributed by atoms with van der Waals surface area (Å²) >= 11 is 0. The second-order valence-corrected chi connectivity index (χ2v) is 8.49. The first-order valence-electron chi connectivity index (χ1n) is 12.0. The minimum absolute atomic E-state index is 0. The van der Waals surface area contributed by atoms with Gasteiger partial charge < -0.3 is 30.6 Å². The first-order chi connectivity index (χ1) is 20.0. The van der Waals surface area contributed by atoms with Gasteiger partial charge in [0.05, 0.1) is 16.6 Å². The number of benzene rings is 3. The number of fused-ring (bicyclic) bond motifs is 3. The summed E-state index contributed by atoms with van der Waals surface area (Å²) in [5.41, 5.74) is 0.273. The van der Waals surface area contributed by atoms with Gasteiger partial charge in [-0.2, -0.15) is 0 Å². The van der Waals surface area contributed by atoms with Gasteiger partial charge in [0.1, 0.15) is 17.1 Å². The zero-order valence-electron chi connectivity index (χ0n) is 21.6. The van der Waals surface area contributed by atoms with E-state index in [0.29, 0.717) is 16.2 Å². The summed E-state index contributed by atoms with van der Waals surface area (Å²) in [7, 11) is 0. The first-order valence-corrected chi connectivity index (χ1v) is 12.0. The topological polar surface area (TPSA) is 220 Å². The van der Waals surface area contributed by atoms with E-state index in [2.05, 4.69) is 15.0 Å². The first kappa shape index (κ1) is 32.5. The zero-order chi connectivity index (χ0) is 30.4. The molecule has 3 heterocycles. The van der Waals surface area contributed by atoms with Crippen LogP contribution in [0.1, 0.15) is 31.5 Å². The molecule has 0 bridgehead atoms. The molecule has 3 N–H and O–H groups in total. The molecule has 6 rings (SSSR count). The molecule has 3 aromatic heterocycles. The van der Waals surface area contributed by atoms with Gasteiger partial charge in [0.15, 0.2) is 0 Å². The van der Waals surface area contributed by atoms with Gasteiger partial charge in [0.2, 0.25) is 0 Å². The molecule has 12 nitrogen and oxygen atoms in total. The second kappa shape index (κ2) is 14.3. The van der Waals surface area contributed by atoms with Gasteiger partial charge in [-0.15, -0.1) is 0 Å². The van der Waals surface area contributed by atoms with Crippen LogP contribution in [0.15, 0.2) is 91.0 Å². The molecule has 215 valence electrons. The molecule has 0 aliphatic rings.